The number of amides is 1. The Morgan fingerprint density at radius 1 is 1.19 bits per heavy atom. The highest BCUT2D eigenvalue weighted by Crippen LogP contribution is 2.23. The molecule has 2 aromatic carbocycles. The second-order valence-electron chi connectivity index (χ2n) is 6.09. The Kier molecular flexibility index (Phi) is 4.95. The molecule has 0 unspecified atom stereocenters. The van der Waals surface area contributed by atoms with Crippen LogP contribution in [0.4, 0.5) is 5.69 Å². The zero-order chi connectivity index (χ0) is 18.6. The summed E-state index contributed by atoms with van der Waals surface area (Å²) in [5.41, 5.74) is 3.99. The van der Waals surface area contributed by atoms with Crippen LogP contribution in [0.1, 0.15) is 16.8 Å². The molecule has 0 bridgehead atoms. The highest BCUT2D eigenvalue weighted by atomic mass is 32.1. The number of aryl methyl sites for hydroxylation is 1. The lowest BCUT2D eigenvalue weighted by Gasteiger charge is -2.07. The summed E-state index contributed by atoms with van der Waals surface area (Å²) in [6.07, 6.45) is 4.18. The quantitative estimate of drug-likeness (QED) is 0.535. The molecule has 4 rings (SSSR count). The van der Waals surface area contributed by atoms with Crippen LogP contribution in [0.25, 0.3) is 21.6 Å². The van der Waals surface area contributed by atoms with Crippen molar-refractivity contribution < 1.29 is 9.90 Å². The SMILES string of the molecule is O=C(Nc1ccc2c(c1)ncn2CCCO)c1cccc(-c2nccs2)c1. The van der Waals surface area contributed by atoms with Crippen LogP contribution in [0.2, 0.25) is 0 Å². The molecule has 27 heavy (non-hydrogen) atoms. The second kappa shape index (κ2) is 7.69. The lowest BCUT2D eigenvalue weighted by atomic mass is 10.1. The number of anilines is 1. The summed E-state index contributed by atoms with van der Waals surface area (Å²) in [6.45, 7) is 0.857. The number of carbonyl (C=O) groups is 1. The van der Waals surface area contributed by atoms with E-state index in [0.717, 1.165) is 21.6 Å². The van der Waals surface area contributed by atoms with Gasteiger partial charge < -0.3 is 15.0 Å². The van der Waals surface area contributed by atoms with Gasteiger partial charge in [-0.2, -0.15) is 0 Å². The molecule has 0 fully saturated rings. The van der Waals surface area contributed by atoms with E-state index in [0.29, 0.717) is 24.2 Å². The van der Waals surface area contributed by atoms with Crippen molar-refractivity contribution in [2.75, 3.05) is 11.9 Å². The number of fused-ring (bicyclic) bond motifs is 1. The lowest BCUT2D eigenvalue weighted by molar-refractivity contribution is 0.102. The van der Waals surface area contributed by atoms with Gasteiger partial charge in [-0.1, -0.05) is 12.1 Å². The van der Waals surface area contributed by atoms with Gasteiger partial charge in [0.05, 0.1) is 17.4 Å². The maximum atomic E-state index is 12.6. The molecule has 0 aliphatic heterocycles. The minimum atomic E-state index is -0.174. The minimum absolute atomic E-state index is 0.147. The fraction of sp³-hybridized carbons (Fsp3) is 0.150. The molecule has 0 aliphatic carbocycles. The second-order valence-corrected chi connectivity index (χ2v) is 6.99. The van der Waals surface area contributed by atoms with Crippen molar-refractivity contribution in [1.29, 1.82) is 0 Å². The first-order chi connectivity index (χ1) is 13.2. The lowest BCUT2D eigenvalue weighted by Crippen LogP contribution is -2.11. The Hall–Kier alpha value is -3.03. The van der Waals surface area contributed by atoms with E-state index in [1.165, 1.54) is 0 Å². The number of aliphatic hydroxyl groups excluding tert-OH is 1. The predicted molar refractivity (Wildman–Crippen MR) is 107 cm³/mol. The van der Waals surface area contributed by atoms with Gasteiger partial charge in [-0.3, -0.25) is 4.79 Å². The largest absolute Gasteiger partial charge is 0.396 e. The number of aromatic nitrogens is 3. The summed E-state index contributed by atoms with van der Waals surface area (Å²) in [7, 11) is 0. The summed E-state index contributed by atoms with van der Waals surface area (Å²) >= 11 is 1.54. The summed E-state index contributed by atoms with van der Waals surface area (Å²) in [4.78, 5) is 21.3. The van der Waals surface area contributed by atoms with E-state index in [1.54, 1.807) is 29.9 Å². The van der Waals surface area contributed by atoms with Crippen molar-refractivity contribution in [3.8, 4) is 10.6 Å². The minimum Gasteiger partial charge on any atom is -0.396 e. The molecule has 2 aromatic heterocycles. The molecular formula is C20H18N4O2S. The van der Waals surface area contributed by atoms with Crippen LogP contribution in [0.3, 0.4) is 0 Å². The highest BCUT2D eigenvalue weighted by molar-refractivity contribution is 7.13. The monoisotopic (exact) mass is 378 g/mol. The number of imidazole rings is 1. The van der Waals surface area contributed by atoms with E-state index in [4.69, 9.17) is 5.11 Å². The van der Waals surface area contributed by atoms with Gasteiger partial charge in [-0.05, 0) is 36.8 Å². The Bertz CT molecular complexity index is 1070. The first-order valence-electron chi connectivity index (χ1n) is 8.61. The van der Waals surface area contributed by atoms with Crippen molar-refractivity contribution in [2.45, 2.75) is 13.0 Å². The topological polar surface area (TPSA) is 80.0 Å². The third-order valence-electron chi connectivity index (χ3n) is 4.24. The maximum Gasteiger partial charge on any atom is 0.255 e. The fourth-order valence-corrected chi connectivity index (χ4v) is 3.56. The van der Waals surface area contributed by atoms with Gasteiger partial charge in [0.25, 0.3) is 5.91 Å². The van der Waals surface area contributed by atoms with Gasteiger partial charge in [0.15, 0.2) is 0 Å². The van der Waals surface area contributed by atoms with E-state index in [-0.39, 0.29) is 12.5 Å². The van der Waals surface area contributed by atoms with E-state index in [9.17, 15) is 4.79 Å². The Morgan fingerprint density at radius 2 is 2.11 bits per heavy atom. The Morgan fingerprint density at radius 3 is 2.93 bits per heavy atom. The molecule has 0 saturated carbocycles. The molecule has 6 nitrogen and oxygen atoms in total. The number of aliphatic hydroxyl groups is 1. The van der Waals surface area contributed by atoms with Gasteiger partial charge in [0.2, 0.25) is 0 Å². The van der Waals surface area contributed by atoms with Crippen molar-refractivity contribution >= 4 is 34.0 Å². The standard InChI is InChI=1S/C20H18N4O2S/c25-9-2-8-24-13-22-17-12-16(5-6-18(17)24)23-19(26)14-3-1-4-15(11-14)20-21-7-10-27-20/h1,3-7,10-13,25H,2,8-9H2,(H,23,26). The number of rotatable bonds is 6. The summed E-state index contributed by atoms with van der Waals surface area (Å²) in [5.74, 6) is -0.174. The molecule has 0 saturated heterocycles. The van der Waals surface area contributed by atoms with E-state index >= 15 is 0 Å². The smallest absolute Gasteiger partial charge is 0.255 e. The Labute approximate surface area is 160 Å². The molecule has 0 aliphatic rings. The fourth-order valence-electron chi connectivity index (χ4n) is 2.92. The average Bonchev–Trinajstić information content (AvgIpc) is 3.36. The van der Waals surface area contributed by atoms with Crippen LogP contribution in [-0.2, 0) is 6.54 Å². The van der Waals surface area contributed by atoms with E-state index in [1.807, 2.05) is 46.3 Å². The maximum absolute atomic E-state index is 12.6. The first kappa shape index (κ1) is 17.4. The first-order valence-corrected chi connectivity index (χ1v) is 9.49. The summed E-state index contributed by atoms with van der Waals surface area (Å²) in [5, 5.41) is 14.7. The van der Waals surface area contributed by atoms with E-state index < -0.39 is 0 Å². The third kappa shape index (κ3) is 3.74. The normalized spacial score (nSPS) is 11.0. The molecule has 1 amide bonds. The van der Waals surface area contributed by atoms with Gasteiger partial charge >= 0.3 is 0 Å². The zero-order valence-corrected chi connectivity index (χ0v) is 15.3. The van der Waals surface area contributed by atoms with Crippen LogP contribution in [-0.4, -0.2) is 32.2 Å². The molecular weight excluding hydrogens is 360 g/mol. The highest BCUT2D eigenvalue weighted by Gasteiger charge is 2.10. The predicted octanol–water partition coefficient (Wildman–Crippen LogP) is 3.79. The zero-order valence-electron chi connectivity index (χ0n) is 14.5. The van der Waals surface area contributed by atoms with Gasteiger partial charge in [0.1, 0.15) is 5.01 Å². The Balaban J connectivity index is 1.53. The van der Waals surface area contributed by atoms with Crippen molar-refractivity contribution in [2.24, 2.45) is 0 Å². The van der Waals surface area contributed by atoms with Crippen LogP contribution in [0.5, 0.6) is 0 Å². The number of hydrogen-bond acceptors (Lipinski definition) is 5. The number of benzene rings is 2. The number of carbonyl (C=O) groups excluding carboxylic acids is 1. The van der Waals surface area contributed by atoms with Gasteiger partial charge in [0, 0.05) is 41.5 Å². The molecule has 0 spiro atoms. The summed E-state index contributed by atoms with van der Waals surface area (Å²) < 4.78 is 1.99. The van der Waals surface area contributed by atoms with E-state index in [2.05, 4.69) is 15.3 Å². The van der Waals surface area contributed by atoms with Crippen LogP contribution < -0.4 is 5.32 Å². The average molecular weight is 378 g/mol. The van der Waals surface area contributed by atoms with Crippen molar-refractivity contribution in [3.05, 3.63) is 65.9 Å². The van der Waals surface area contributed by atoms with Gasteiger partial charge in [-0.15, -0.1) is 11.3 Å². The van der Waals surface area contributed by atoms with Gasteiger partial charge in [-0.25, -0.2) is 9.97 Å². The van der Waals surface area contributed by atoms with Crippen LogP contribution >= 0.6 is 11.3 Å². The molecule has 4 aromatic rings. The molecule has 136 valence electrons. The van der Waals surface area contributed by atoms with Crippen LogP contribution in [0, 0.1) is 0 Å². The molecule has 7 heteroatoms. The molecule has 0 atom stereocenters. The molecule has 2 N–H and O–H groups in total. The number of nitrogens with one attached hydrogen (secondary N) is 1. The third-order valence-corrected chi connectivity index (χ3v) is 5.06. The van der Waals surface area contributed by atoms with Crippen molar-refractivity contribution in [1.82, 2.24) is 14.5 Å². The number of nitrogens with zero attached hydrogens (tertiary/aromatic N) is 3. The molecule has 2 heterocycles. The van der Waals surface area contributed by atoms with Crippen molar-refractivity contribution in [3.63, 3.8) is 0 Å². The number of hydrogen-bond donors (Lipinski definition) is 2. The summed E-state index contributed by atoms with van der Waals surface area (Å²) in [6, 6.07) is 13.1. The molecule has 0 radical (unpaired) electrons. The van der Waals surface area contributed by atoms with Crippen LogP contribution in [0.15, 0.2) is 60.4 Å². The number of thiazole rings is 1.